The standard InChI is InChI=1S/C49H98NO7P/c1-6-8-10-12-14-16-18-20-22-24-26-28-30-32-34-36-38-40-42-49(51)57-48(47-56-58(52,53)55-45-43-50(3,4)5)46-54-44-41-39-37-35-33-31-29-27-25-23-21-19-17-15-13-11-9-7-2/h41,44,48H,6-40,42-43,45-47H2,1-5H3/p+1/b44-41-/t48-/m1/s1. The highest BCUT2D eigenvalue weighted by Crippen LogP contribution is 2.43. The van der Waals surface area contributed by atoms with E-state index in [2.05, 4.69) is 13.8 Å². The van der Waals surface area contributed by atoms with E-state index in [4.69, 9.17) is 18.5 Å². The fraction of sp³-hybridized carbons (Fsp3) is 0.939. The molecule has 0 spiro atoms. The molecule has 0 fully saturated rings. The van der Waals surface area contributed by atoms with Crippen LogP contribution in [-0.4, -0.2) is 69.0 Å². The van der Waals surface area contributed by atoms with Gasteiger partial charge in [0.15, 0.2) is 6.10 Å². The third-order valence-corrected chi connectivity index (χ3v) is 12.2. The molecule has 9 heteroatoms. The first-order valence-electron chi connectivity index (χ1n) is 25.0. The van der Waals surface area contributed by atoms with E-state index in [1.165, 1.54) is 193 Å². The highest BCUT2D eigenvalue weighted by molar-refractivity contribution is 7.47. The van der Waals surface area contributed by atoms with Gasteiger partial charge in [0.1, 0.15) is 19.8 Å². The van der Waals surface area contributed by atoms with Crippen molar-refractivity contribution in [2.75, 3.05) is 47.5 Å². The normalized spacial score (nSPS) is 13.6. The molecule has 0 rings (SSSR count). The van der Waals surface area contributed by atoms with Gasteiger partial charge in [0.25, 0.3) is 0 Å². The van der Waals surface area contributed by atoms with Crippen LogP contribution < -0.4 is 0 Å². The summed E-state index contributed by atoms with van der Waals surface area (Å²) in [7, 11) is 1.65. The second kappa shape index (κ2) is 42.8. The van der Waals surface area contributed by atoms with Crippen molar-refractivity contribution in [1.82, 2.24) is 0 Å². The van der Waals surface area contributed by atoms with Crippen LogP contribution in [0.5, 0.6) is 0 Å². The number of phosphoric ester groups is 1. The average molecular weight is 845 g/mol. The summed E-state index contributed by atoms with van der Waals surface area (Å²) in [6, 6.07) is 0. The number of ether oxygens (including phenoxy) is 2. The number of quaternary nitrogens is 1. The predicted molar refractivity (Wildman–Crippen MR) is 247 cm³/mol. The number of carbonyl (C=O) groups excluding carboxylic acids is 1. The van der Waals surface area contributed by atoms with Gasteiger partial charge in [-0.05, 0) is 25.3 Å². The molecule has 2 atom stereocenters. The lowest BCUT2D eigenvalue weighted by molar-refractivity contribution is -0.870. The van der Waals surface area contributed by atoms with Crippen molar-refractivity contribution in [2.45, 2.75) is 251 Å². The Morgan fingerprint density at radius 2 is 0.897 bits per heavy atom. The molecular formula is C49H99NO7P+. The number of likely N-dealkylation sites (N-methyl/N-ethyl adjacent to an activating group) is 1. The van der Waals surface area contributed by atoms with Crippen molar-refractivity contribution < 1.29 is 37.3 Å². The van der Waals surface area contributed by atoms with Crippen LogP contribution in [0.3, 0.4) is 0 Å². The molecule has 1 unspecified atom stereocenters. The van der Waals surface area contributed by atoms with Gasteiger partial charge < -0.3 is 18.9 Å². The maximum atomic E-state index is 12.7. The molecule has 0 radical (unpaired) electrons. The van der Waals surface area contributed by atoms with Crippen LogP contribution >= 0.6 is 7.82 Å². The maximum Gasteiger partial charge on any atom is 0.472 e. The molecule has 0 aliphatic heterocycles. The van der Waals surface area contributed by atoms with E-state index in [1.807, 2.05) is 27.2 Å². The quantitative estimate of drug-likeness (QED) is 0.0214. The SMILES string of the molecule is CCCCCCCCCCCCCCCCCC/C=C\OC[C@H](COP(=O)(O)OCC[N+](C)(C)C)OC(=O)CCCCCCCCCCCCCCCCCCCC. The summed E-state index contributed by atoms with van der Waals surface area (Å²) in [6.45, 7) is 4.99. The molecule has 8 nitrogen and oxygen atoms in total. The molecule has 58 heavy (non-hydrogen) atoms. The Kier molecular flexibility index (Phi) is 42.1. The second-order valence-electron chi connectivity index (χ2n) is 18.3. The molecule has 0 saturated carbocycles. The number of allylic oxidation sites excluding steroid dienone is 1. The average Bonchev–Trinajstić information content (AvgIpc) is 3.18. The van der Waals surface area contributed by atoms with Gasteiger partial charge >= 0.3 is 13.8 Å². The molecule has 0 aromatic heterocycles. The summed E-state index contributed by atoms with van der Waals surface area (Å²) in [6.07, 6.45) is 49.2. The van der Waals surface area contributed by atoms with Gasteiger partial charge in [-0.3, -0.25) is 13.8 Å². The molecule has 0 amide bonds. The predicted octanol–water partition coefficient (Wildman–Crippen LogP) is 15.4. The van der Waals surface area contributed by atoms with E-state index < -0.39 is 13.9 Å². The van der Waals surface area contributed by atoms with Crippen LogP contribution in [0.2, 0.25) is 0 Å². The topological polar surface area (TPSA) is 91.3 Å². The van der Waals surface area contributed by atoms with Gasteiger partial charge in [-0.2, -0.15) is 0 Å². The van der Waals surface area contributed by atoms with Crippen molar-refractivity contribution >= 4 is 13.8 Å². The second-order valence-corrected chi connectivity index (χ2v) is 19.7. The van der Waals surface area contributed by atoms with Gasteiger partial charge in [-0.25, -0.2) is 4.57 Å². The number of rotatable bonds is 47. The fourth-order valence-corrected chi connectivity index (χ4v) is 8.03. The van der Waals surface area contributed by atoms with E-state index in [0.29, 0.717) is 17.4 Å². The number of hydrogen-bond acceptors (Lipinski definition) is 6. The van der Waals surface area contributed by atoms with Crippen molar-refractivity contribution in [3.8, 4) is 0 Å². The van der Waals surface area contributed by atoms with Crippen LogP contribution in [0, 0.1) is 0 Å². The monoisotopic (exact) mass is 845 g/mol. The van der Waals surface area contributed by atoms with Gasteiger partial charge in [-0.1, -0.05) is 219 Å². The Morgan fingerprint density at radius 1 is 0.534 bits per heavy atom. The minimum atomic E-state index is -4.29. The zero-order valence-electron chi connectivity index (χ0n) is 39.3. The van der Waals surface area contributed by atoms with Crippen molar-refractivity contribution in [3.05, 3.63) is 12.3 Å². The lowest BCUT2D eigenvalue weighted by Gasteiger charge is -2.24. The first kappa shape index (κ1) is 57.1. The van der Waals surface area contributed by atoms with Gasteiger partial charge in [0, 0.05) is 6.42 Å². The summed E-state index contributed by atoms with van der Waals surface area (Å²) in [4.78, 5) is 22.9. The summed E-state index contributed by atoms with van der Waals surface area (Å²) >= 11 is 0. The van der Waals surface area contributed by atoms with Crippen LogP contribution in [0.1, 0.15) is 245 Å². The van der Waals surface area contributed by atoms with Gasteiger partial charge in [0.05, 0.1) is 34.0 Å². The molecule has 1 N–H and O–H groups in total. The zero-order chi connectivity index (χ0) is 42.7. The smallest absolute Gasteiger partial charge is 0.472 e. The van der Waals surface area contributed by atoms with Crippen molar-refractivity contribution in [3.63, 3.8) is 0 Å². The molecule has 346 valence electrons. The number of nitrogens with zero attached hydrogens (tertiary/aromatic N) is 1. The third kappa shape index (κ3) is 46.2. The number of esters is 1. The minimum absolute atomic E-state index is 0.0548. The van der Waals surface area contributed by atoms with E-state index in [9.17, 15) is 14.3 Å². The third-order valence-electron chi connectivity index (χ3n) is 11.2. The van der Waals surface area contributed by atoms with E-state index in [-0.39, 0.29) is 25.8 Å². The summed E-state index contributed by atoms with van der Waals surface area (Å²) < 4.78 is 34.9. The molecule has 0 aromatic carbocycles. The Balaban J connectivity index is 4.17. The molecule has 0 aliphatic rings. The zero-order valence-corrected chi connectivity index (χ0v) is 40.2. The Hall–Kier alpha value is -0.920. The summed E-state index contributed by atoms with van der Waals surface area (Å²) in [5, 5.41) is 0. The highest BCUT2D eigenvalue weighted by atomic mass is 31.2. The highest BCUT2D eigenvalue weighted by Gasteiger charge is 2.26. The molecule has 0 heterocycles. The Labute approximate surface area is 360 Å². The molecule has 0 aromatic rings. The first-order chi connectivity index (χ1) is 28.1. The largest absolute Gasteiger partial charge is 0.498 e. The fourth-order valence-electron chi connectivity index (χ4n) is 7.29. The van der Waals surface area contributed by atoms with Crippen molar-refractivity contribution in [2.24, 2.45) is 0 Å². The molecule has 0 bridgehead atoms. The van der Waals surface area contributed by atoms with Gasteiger partial charge in [-0.15, -0.1) is 0 Å². The Morgan fingerprint density at radius 3 is 1.28 bits per heavy atom. The Bertz CT molecular complexity index is 940. The van der Waals surface area contributed by atoms with Crippen LogP contribution in [0.4, 0.5) is 0 Å². The van der Waals surface area contributed by atoms with Crippen LogP contribution in [-0.2, 0) is 27.9 Å². The van der Waals surface area contributed by atoms with Crippen molar-refractivity contribution in [1.29, 1.82) is 0 Å². The molecular weight excluding hydrogens is 746 g/mol. The van der Waals surface area contributed by atoms with Crippen LogP contribution in [0.15, 0.2) is 12.3 Å². The number of unbranched alkanes of at least 4 members (excludes halogenated alkanes) is 33. The minimum Gasteiger partial charge on any atom is -0.498 e. The number of phosphoric acid groups is 1. The molecule has 0 aliphatic carbocycles. The van der Waals surface area contributed by atoms with E-state index in [0.717, 1.165) is 32.1 Å². The number of carbonyl (C=O) groups is 1. The lowest BCUT2D eigenvalue weighted by atomic mass is 10.0. The maximum absolute atomic E-state index is 12.7. The molecule has 0 saturated heterocycles. The number of hydrogen-bond donors (Lipinski definition) is 1. The summed E-state index contributed by atoms with van der Waals surface area (Å²) in [5.74, 6) is -0.329. The van der Waals surface area contributed by atoms with E-state index >= 15 is 0 Å². The van der Waals surface area contributed by atoms with Gasteiger partial charge in [0.2, 0.25) is 0 Å². The van der Waals surface area contributed by atoms with Crippen LogP contribution in [0.25, 0.3) is 0 Å². The summed E-state index contributed by atoms with van der Waals surface area (Å²) in [5.41, 5.74) is 0. The lowest BCUT2D eigenvalue weighted by Crippen LogP contribution is -2.37. The first-order valence-corrected chi connectivity index (χ1v) is 26.5. The van der Waals surface area contributed by atoms with E-state index in [1.54, 1.807) is 6.26 Å².